The molecule has 2 nitrogen and oxygen atoms in total. The average Bonchev–Trinajstić information content (AvgIpc) is 2.56. The second-order valence-corrected chi connectivity index (χ2v) is 11.7. The van der Waals surface area contributed by atoms with E-state index in [0.29, 0.717) is 6.61 Å². The average molecular weight is 426 g/mol. The molecule has 0 amide bonds. The topological polar surface area (TPSA) is 26.3 Å². The number of benzene rings is 2. The van der Waals surface area contributed by atoms with Gasteiger partial charge in [-0.2, -0.15) is 0 Å². The maximum absolute atomic E-state index is 12.7. The molecule has 2 aromatic carbocycles. The van der Waals surface area contributed by atoms with Gasteiger partial charge in [0.25, 0.3) is 0 Å². The van der Waals surface area contributed by atoms with Crippen molar-refractivity contribution in [1.82, 2.24) is 0 Å². The zero-order valence-electron chi connectivity index (χ0n) is 12.8. The van der Waals surface area contributed by atoms with Gasteiger partial charge in [-0.1, -0.05) is 0 Å². The van der Waals surface area contributed by atoms with Gasteiger partial charge < -0.3 is 0 Å². The number of ether oxygens (including phenoxy) is 1. The quantitative estimate of drug-likeness (QED) is 0.501. The van der Waals surface area contributed by atoms with E-state index in [4.69, 9.17) is 4.74 Å². The Morgan fingerprint density at radius 3 is 1.73 bits per heavy atom. The molecule has 0 aliphatic heterocycles. The Hall–Kier alpha value is -1.05. The number of rotatable bonds is 7. The van der Waals surface area contributed by atoms with Crippen LogP contribution in [0.25, 0.3) is 0 Å². The van der Waals surface area contributed by atoms with Gasteiger partial charge in [-0.05, 0) is 0 Å². The van der Waals surface area contributed by atoms with Crippen molar-refractivity contribution in [3.8, 4) is 0 Å². The van der Waals surface area contributed by atoms with Crippen molar-refractivity contribution < 1.29 is 9.53 Å². The predicted octanol–water partition coefficient (Wildman–Crippen LogP) is 2.14. The molecule has 0 aliphatic carbocycles. The molecule has 2 rings (SSSR count). The van der Waals surface area contributed by atoms with E-state index in [0.717, 1.165) is 6.42 Å². The molecule has 22 heavy (non-hydrogen) atoms. The Bertz CT molecular complexity index is 543. The number of carbonyl (C=O) groups is 1. The van der Waals surface area contributed by atoms with Gasteiger partial charge in [0.1, 0.15) is 0 Å². The predicted molar refractivity (Wildman–Crippen MR) is 93.3 cm³/mol. The Kier molecular flexibility index (Phi) is 6.72. The van der Waals surface area contributed by atoms with E-state index in [-0.39, 0.29) is 39.1 Å². The van der Waals surface area contributed by atoms with E-state index in [9.17, 15) is 4.79 Å². The number of esters is 1. The molecule has 0 fully saturated rings. The van der Waals surface area contributed by atoms with E-state index in [2.05, 4.69) is 31.2 Å². The van der Waals surface area contributed by atoms with E-state index in [1.165, 1.54) is 8.92 Å². The fourth-order valence-corrected chi connectivity index (χ4v) is 8.66. The molecule has 0 saturated carbocycles. The van der Waals surface area contributed by atoms with Crippen LogP contribution in [0.3, 0.4) is 0 Å². The summed E-state index contributed by atoms with van der Waals surface area (Å²) in [5, 5.41) is 0. The van der Waals surface area contributed by atoms with Gasteiger partial charge in [0, 0.05) is 0 Å². The van der Waals surface area contributed by atoms with E-state index in [1.54, 1.807) is 0 Å². The summed E-state index contributed by atoms with van der Waals surface area (Å²) < 4.78 is 7.56. The van der Waals surface area contributed by atoms with Gasteiger partial charge in [-0.3, -0.25) is 0 Å². The zero-order chi connectivity index (χ0) is 15.8. The van der Waals surface area contributed by atoms with Gasteiger partial charge in [0.2, 0.25) is 0 Å². The van der Waals surface area contributed by atoms with E-state index in [1.807, 2.05) is 43.3 Å². The normalized spacial score (nSPS) is 11.2. The zero-order valence-corrected chi connectivity index (χ0v) is 16.2. The molecule has 0 N–H and O–H groups in total. The van der Waals surface area contributed by atoms with Gasteiger partial charge in [0.15, 0.2) is 0 Å². The van der Waals surface area contributed by atoms with Gasteiger partial charge >= 0.3 is 145 Å². The molecule has 0 atom stereocenters. The van der Waals surface area contributed by atoms with Gasteiger partial charge in [0.05, 0.1) is 0 Å². The van der Waals surface area contributed by atoms with Crippen LogP contribution in [0.1, 0.15) is 20.3 Å². The summed E-state index contributed by atoms with van der Waals surface area (Å²) in [7, 11) is 0. The first-order valence-electron chi connectivity index (χ1n) is 7.35. The van der Waals surface area contributed by atoms with Crippen molar-refractivity contribution in [3.63, 3.8) is 0 Å². The summed E-state index contributed by atoms with van der Waals surface area (Å²) in [5.41, 5.74) is 0. The third kappa shape index (κ3) is 4.47. The summed E-state index contributed by atoms with van der Waals surface area (Å²) in [6.45, 7) is 4.42. The maximum atomic E-state index is 12.7. The molecule has 2 aromatic rings. The Labute approximate surface area is 145 Å². The van der Waals surface area contributed by atoms with E-state index < -0.39 is 0 Å². The second kappa shape index (κ2) is 8.55. The van der Waals surface area contributed by atoms with Crippen LogP contribution in [-0.2, 0) is 9.53 Å². The summed E-state index contributed by atoms with van der Waals surface area (Å²) in [4.78, 5) is 12.7. The molecule has 0 aliphatic rings. The third-order valence-corrected chi connectivity index (χ3v) is 10.3. The first-order chi connectivity index (χ1) is 10.7. The van der Waals surface area contributed by atoms with Crippen molar-refractivity contribution in [2.24, 2.45) is 0 Å². The fraction of sp³-hybridized carbons (Fsp3) is 0.278. The molecular weight excluding hydrogens is 406 g/mol. The van der Waals surface area contributed by atoms with E-state index >= 15 is 0 Å². The third-order valence-electron chi connectivity index (χ3n) is 3.10. The summed E-state index contributed by atoms with van der Waals surface area (Å²) in [6, 6.07) is 20.7. The molecule has 0 heterocycles. The van der Waals surface area contributed by atoms with Crippen LogP contribution in [0.4, 0.5) is 0 Å². The van der Waals surface area contributed by atoms with Crippen molar-refractivity contribution in [2.45, 2.75) is 23.5 Å². The number of carbonyl (C=O) groups excluding carboxylic acids is 1. The van der Waals surface area contributed by atoms with Crippen LogP contribution < -0.4 is 8.92 Å². The van der Waals surface area contributed by atoms with Crippen LogP contribution in [0, 0.1) is 0 Å². The Balaban J connectivity index is 2.31. The standard InChI is InChI=1S/C18H20O2Se2/c1-3-18(17(19)20-4-2,21-15-11-7-5-8-12-15)22-16-13-9-6-10-14-16/h5-14H,3-4H2,1-2H3. The molecule has 4 heteroatoms. The summed E-state index contributed by atoms with van der Waals surface area (Å²) in [6.07, 6.45) is 0.815. The summed E-state index contributed by atoms with van der Waals surface area (Å²) in [5.74, 6) is -0.0368. The molecular formula is C18H20O2Se2. The van der Waals surface area contributed by atoms with Gasteiger partial charge in [-0.15, -0.1) is 0 Å². The monoisotopic (exact) mass is 428 g/mol. The Morgan fingerprint density at radius 1 is 0.909 bits per heavy atom. The minimum absolute atomic E-state index is 0.0368. The Morgan fingerprint density at radius 2 is 1.36 bits per heavy atom. The molecule has 0 bridgehead atoms. The molecule has 0 spiro atoms. The molecule has 0 saturated heterocycles. The second-order valence-electron chi connectivity index (χ2n) is 4.66. The fourth-order valence-electron chi connectivity index (χ4n) is 1.99. The van der Waals surface area contributed by atoms with Gasteiger partial charge in [-0.25, -0.2) is 0 Å². The summed E-state index contributed by atoms with van der Waals surface area (Å²) >= 11 is 0.121. The van der Waals surface area contributed by atoms with Crippen LogP contribution in [0.2, 0.25) is 3.21 Å². The van der Waals surface area contributed by atoms with Crippen LogP contribution in [-0.4, -0.2) is 42.5 Å². The van der Waals surface area contributed by atoms with Crippen LogP contribution in [0.15, 0.2) is 60.7 Å². The first-order valence-corrected chi connectivity index (χ1v) is 10.8. The van der Waals surface area contributed by atoms with Crippen molar-refractivity contribution >= 4 is 44.8 Å². The molecule has 0 unspecified atom stereocenters. The molecule has 0 radical (unpaired) electrons. The molecule has 0 aromatic heterocycles. The first kappa shape index (κ1) is 17.3. The SMILES string of the molecule is CCOC(=O)C(CC)([Se]c1ccccc1)[Se]c1ccccc1. The van der Waals surface area contributed by atoms with Crippen molar-refractivity contribution in [1.29, 1.82) is 0 Å². The minimum atomic E-state index is -0.376. The van der Waals surface area contributed by atoms with Crippen LogP contribution in [0.5, 0.6) is 0 Å². The van der Waals surface area contributed by atoms with Crippen molar-refractivity contribution in [2.75, 3.05) is 6.61 Å². The van der Waals surface area contributed by atoms with Crippen LogP contribution >= 0.6 is 0 Å². The number of hydrogen-bond donors (Lipinski definition) is 0. The van der Waals surface area contributed by atoms with Crippen molar-refractivity contribution in [3.05, 3.63) is 60.7 Å². The molecule has 116 valence electrons. The number of hydrogen-bond acceptors (Lipinski definition) is 2.